The SMILES string of the molecule is CCC(CN)CC(=O)NC(CC(C)(C)C)c1ccccc1. The molecule has 0 bridgehead atoms. The van der Waals surface area contributed by atoms with Gasteiger partial charge in [-0.05, 0) is 29.9 Å². The molecule has 3 N–H and O–H groups in total. The molecule has 0 aliphatic rings. The van der Waals surface area contributed by atoms with Gasteiger partial charge < -0.3 is 11.1 Å². The van der Waals surface area contributed by atoms with Crippen molar-refractivity contribution in [3.63, 3.8) is 0 Å². The number of hydrogen-bond acceptors (Lipinski definition) is 2. The molecule has 1 amide bonds. The fourth-order valence-corrected chi connectivity index (χ4v) is 2.46. The number of hydrogen-bond donors (Lipinski definition) is 2. The van der Waals surface area contributed by atoms with E-state index in [2.05, 4.69) is 45.1 Å². The van der Waals surface area contributed by atoms with Gasteiger partial charge in [-0.25, -0.2) is 0 Å². The van der Waals surface area contributed by atoms with Crippen LogP contribution >= 0.6 is 0 Å². The van der Waals surface area contributed by atoms with Gasteiger partial charge in [0.2, 0.25) is 5.91 Å². The maximum Gasteiger partial charge on any atom is 0.220 e. The zero-order chi connectivity index (χ0) is 15.9. The van der Waals surface area contributed by atoms with Gasteiger partial charge in [-0.3, -0.25) is 4.79 Å². The molecule has 0 fully saturated rings. The van der Waals surface area contributed by atoms with E-state index in [9.17, 15) is 4.79 Å². The molecule has 3 nitrogen and oxygen atoms in total. The van der Waals surface area contributed by atoms with Gasteiger partial charge in [-0.2, -0.15) is 0 Å². The summed E-state index contributed by atoms with van der Waals surface area (Å²) < 4.78 is 0. The third-order valence-electron chi connectivity index (χ3n) is 3.74. The lowest BCUT2D eigenvalue weighted by molar-refractivity contribution is -0.122. The van der Waals surface area contributed by atoms with Crippen LogP contribution in [-0.4, -0.2) is 12.5 Å². The van der Waals surface area contributed by atoms with Crippen LogP contribution in [-0.2, 0) is 4.79 Å². The molecule has 0 aliphatic heterocycles. The molecular weight excluding hydrogens is 260 g/mol. The summed E-state index contributed by atoms with van der Waals surface area (Å²) >= 11 is 0. The Morgan fingerprint density at radius 2 is 1.86 bits per heavy atom. The van der Waals surface area contributed by atoms with Crippen LogP contribution in [0.25, 0.3) is 0 Å². The predicted molar refractivity (Wildman–Crippen MR) is 88.9 cm³/mol. The van der Waals surface area contributed by atoms with Crippen LogP contribution in [0.5, 0.6) is 0 Å². The molecule has 0 aliphatic carbocycles. The zero-order valence-electron chi connectivity index (χ0n) is 13.9. The van der Waals surface area contributed by atoms with Gasteiger partial charge in [0.25, 0.3) is 0 Å². The van der Waals surface area contributed by atoms with Crippen molar-refractivity contribution in [2.45, 2.75) is 53.0 Å². The predicted octanol–water partition coefficient (Wildman–Crippen LogP) is 3.66. The second-order valence-corrected chi connectivity index (χ2v) is 7.01. The second kappa shape index (κ2) is 8.18. The Balaban J connectivity index is 2.76. The monoisotopic (exact) mass is 290 g/mol. The van der Waals surface area contributed by atoms with Crippen LogP contribution in [0.15, 0.2) is 30.3 Å². The maximum atomic E-state index is 12.3. The molecule has 1 aromatic rings. The molecule has 3 heteroatoms. The number of rotatable bonds is 7. The lowest BCUT2D eigenvalue weighted by Crippen LogP contribution is -2.33. The van der Waals surface area contributed by atoms with E-state index in [-0.39, 0.29) is 23.3 Å². The Labute approximate surface area is 129 Å². The molecule has 0 saturated heterocycles. The first kappa shape index (κ1) is 17.7. The van der Waals surface area contributed by atoms with E-state index < -0.39 is 0 Å². The van der Waals surface area contributed by atoms with Crippen LogP contribution in [0, 0.1) is 11.3 Å². The summed E-state index contributed by atoms with van der Waals surface area (Å²) in [6.07, 6.45) is 2.38. The van der Waals surface area contributed by atoms with Crippen LogP contribution in [0.1, 0.15) is 58.6 Å². The Kier molecular flexibility index (Phi) is 6.90. The summed E-state index contributed by atoms with van der Waals surface area (Å²) in [4.78, 5) is 12.3. The minimum absolute atomic E-state index is 0.0639. The summed E-state index contributed by atoms with van der Waals surface area (Å²) in [7, 11) is 0. The molecule has 0 radical (unpaired) electrons. The Morgan fingerprint density at radius 1 is 1.24 bits per heavy atom. The molecule has 21 heavy (non-hydrogen) atoms. The van der Waals surface area contributed by atoms with Crippen molar-refractivity contribution in [1.29, 1.82) is 0 Å². The van der Waals surface area contributed by atoms with Crippen molar-refractivity contribution in [1.82, 2.24) is 5.32 Å². The first-order valence-electron chi connectivity index (χ1n) is 7.90. The summed E-state index contributed by atoms with van der Waals surface area (Å²) in [5.74, 6) is 0.376. The molecule has 1 aromatic carbocycles. The topological polar surface area (TPSA) is 55.1 Å². The highest BCUT2D eigenvalue weighted by Crippen LogP contribution is 2.29. The summed E-state index contributed by atoms with van der Waals surface area (Å²) in [5.41, 5.74) is 7.02. The Bertz CT molecular complexity index is 419. The number of nitrogens with two attached hydrogens (primary N) is 1. The number of nitrogens with one attached hydrogen (secondary N) is 1. The fourth-order valence-electron chi connectivity index (χ4n) is 2.46. The minimum Gasteiger partial charge on any atom is -0.349 e. The lowest BCUT2D eigenvalue weighted by Gasteiger charge is -2.28. The highest BCUT2D eigenvalue weighted by atomic mass is 16.1. The third kappa shape index (κ3) is 6.76. The summed E-state index contributed by atoms with van der Waals surface area (Å²) in [6, 6.07) is 10.3. The molecule has 1 rings (SSSR count). The van der Waals surface area contributed by atoms with Gasteiger partial charge in [0.1, 0.15) is 0 Å². The largest absolute Gasteiger partial charge is 0.349 e. The van der Waals surface area contributed by atoms with Crippen molar-refractivity contribution in [3.8, 4) is 0 Å². The molecule has 0 heterocycles. The number of amides is 1. The van der Waals surface area contributed by atoms with Gasteiger partial charge in [-0.15, -0.1) is 0 Å². The van der Waals surface area contributed by atoms with Crippen molar-refractivity contribution in [2.24, 2.45) is 17.1 Å². The molecule has 2 unspecified atom stereocenters. The van der Waals surface area contributed by atoms with Crippen molar-refractivity contribution in [3.05, 3.63) is 35.9 Å². The average molecular weight is 290 g/mol. The van der Waals surface area contributed by atoms with Crippen molar-refractivity contribution >= 4 is 5.91 Å². The summed E-state index contributed by atoms with van der Waals surface area (Å²) in [6.45, 7) is 9.24. The second-order valence-electron chi connectivity index (χ2n) is 7.01. The first-order chi connectivity index (χ1) is 9.85. The van der Waals surface area contributed by atoms with Gasteiger partial charge >= 0.3 is 0 Å². The molecular formula is C18H30N2O. The summed E-state index contributed by atoms with van der Waals surface area (Å²) in [5, 5.41) is 3.19. The molecule has 2 atom stereocenters. The number of carbonyl (C=O) groups excluding carboxylic acids is 1. The van der Waals surface area contributed by atoms with Gasteiger partial charge in [-0.1, -0.05) is 64.4 Å². The van der Waals surface area contributed by atoms with Crippen LogP contribution < -0.4 is 11.1 Å². The zero-order valence-corrected chi connectivity index (χ0v) is 13.9. The van der Waals surface area contributed by atoms with Crippen LogP contribution in [0.3, 0.4) is 0 Å². The standard InChI is InChI=1S/C18H30N2O/c1-5-14(13-19)11-17(21)20-16(12-18(2,3)4)15-9-7-6-8-10-15/h6-10,14,16H,5,11-13,19H2,1-4H3,(H,20,21). The van der Waals surface area contributed by atoms with E-state index in [1.54, 1.807) is 0 Å². The van der Waals surface area contributed by atoms with Crippen molar-refractivity contribution < 1.29 is 4.79 Å². The third-order valence-corrected chi connectivity index (χ3v) is 3.74. The quantitative estimate of drug-likeness (QED) is 0.805. The van der Waals surface area contributed by atoms with Gasteiger partial charge in [0, 0.05) is 6.42 Å². The maximum absolute atomic E-state index is 12.3. The van der Waals surface area contributed by atoms with Crippen molar-refractivity contribution in [2.75, 3.05) is 6.54 Å². The molecule has 0 aromatic heterocycles. The average Bonchev–Trinajstić information content (AvgIpc) is 2.43. The van der Waals surface area contributed by atoms with E-state index in [0.29, 0.717) is 13.0 Å². The number of carbonyl (C=O) groups is 1. The number of benzene rings is 1. The Hall–Kier alpha value is -1.35. The highest BCUT2D eigenvalue weighted by molar-refractivity contribution is 5.76. The van der Waals surface area contributed by atoms with E-state index in [4.69, 9.17) is 5.73 Å². The Morgan fingerprint density at radius 3 is 2.33 bits per heavy atom. The molecule has 0 spiro atoms. The lowest BCUT2D eigenvalue weighted by atomic mass is 9.85. The normalized spacial score (nSPS) is 14.5. The van der Waals surface area contributed by atoms with Gasteiger partial charge in [0.05, 0.1) is 6.04 Å². The van der Waals surface area contributed by atoms with Crippen LogP contribution in [0.2, 0.25) is 0 Å². The van der Waals surface area contributed by atoms with E-state index in [1.165, 1.54) is 5.56 Å². The van der Waals surface area contributed by atoms with Crippen LogP contribution in [0.4, 0.5) is 0 Å². The molecule has 0 saturated carbocycles. The smallest absolute Gasteiger partial charge is 0.220 e. The highest BCUT2D eigenvalue weighted by Gasteiger charge is 2.22. The van der Waals surface area contributed by atoms with E-state index >= 15 is 0 Å². The molecule has 118 valence electrons. The minimum atomic E-state index is 0.0639. The fraction of sp³-hybridized carbons (Fsp3) is 0.611. The first-order valence-corrected chi connectivity index (χ1v) is 7.90. The van der Waals surface area contributed by atoms with E-state index in [1.807, 2.05) is 18.2 Å². The van der Waals surface area contributed by atoms with Gasteiger partial charge in [0.15, 0.2) is 0 Å². The van der Waals surface area contributed by atoms with E-state index in [0.717, 1.165) is 12.8 Å².